The first kappa shape index (κ1) is 16.0. The molecule has 0 amide bonds. The number of halogens is 2. The van der Waals surface area contributed by atoms with E-state index in [1.54, 1.807) is 0 Å². The van der Waals surface area contributed by atoms with E-state index in [1.165, 1.54) is 0 Å². The van der Waals surface area contributed by atoms with Crippen molar-refractivity contribution in [1.29, 1.82) is 0 Å². The Hall–Kier alpha value is -0.840. The maximum absolute atomic E-state index is 6.91. The van der Waals surface area contributed by atoms with Gasteiger partial charge in [-0.25, -0.2) is 0 Å². The lowest BCUT2D eigenvalue weighted by atomic mass is 9.86. The topological polar surface area (TPSA) is 41.3 Å². The molecule has 1 saturated heterocycles. The first-order valence-corrected chi connectivity index (χ1v) is 8.30. The molecule has 1 fully saturated rings. The second kappa shape index (κ2) is 5.99. The van der Waals surface area contributed by atoms with Crippen molar-refractivity contribution < 1.29 is 0 Å². The van der Waals surface area contributed by atoms with Crippen LogP contribution in [0.2, 0.25) is 0 Å². The van der Waals surface area contributed by atoms with Crippen molar-refractivity contribution >= 4 is 28.8 Å². The highest BCUT2D eigenvalue weighted by molar-refractivity contribution is 6.37. The van der Waals surface area contributed by atoms with Crippen molar-refractivity contribution in [3.05, 3.63) is 53.6 Å². The van der Waals surface area contributed by atoms with Gasteiger partial charge in [-0.2, -0.15) is 0 Å². The zero-order valence-electron chi connectivity index (χ0n) is 12.7. The van der Waals surface area contributed by atoms with Crippen molar-refractivity contribution in [3.63, 3.8) is 0 Å². The van der Waals surface area contributed by atoms with Crippen LogP contribution >= 0.6 is 23.2 Å². The number of allylic oxidation sites excluding steroid dienone is 2. The van der Waals surface area contributed by atoms with Crippen molar-refractivity contribution in [2.45, 2.75) is 16.9 Å². The number of nitrogens with one attached hydrogen (secondary N) is 1. The van der Waals surface area contributed by atoms with Crippen LogP contribution in [0.4, 0.5) is 0 Å². The first-order chi connectivity index (χ1) is 10.4. The van der Waals surface area contributed by atoms with Gasteiger partial charge in [0.05, 0.1) is 0 Å². The lowest BCUT2D eigenvalue weighted by molar-refractivity contribution is 0.151. The Bertz CT molecular complexity index is 604. The fourth-order valence-electron chi connectivity index (χ4n) is 3.15. The molecule has 5 heteroatoms. The van der Waals surface area contributed by atoms with E-state index < -0.39 is 10.00 Å². The van der Waals surface area contributed by atoms with E-state index in [9.17, 15) is 0 Å². The number of nitrogens with zero attached hydrogens (tertiary/aromatic N) is 1. The van der Waals surface area contributed by atoms with Crippen molar-refractivity contribution in [2.75, 3.05) is 26.2 Å². The summed E-state index contributed by atoms with van der Waals surface area (Å²) < 4.78 is 0. The van der Waals surface area contributed by atoms with E-state index in [0.717, 1.165) is 42.9 Å². The standard InChI is InChI=1S/C17H21Cl2N3/c1-13-11-17(19,22-9-7-21-8-10-22)16(18,20)12-15(13)14-5-3-2-4-6-14/h2-6,11-12,21H,7-10,20H2,1H3. The van der Waals surface area contributed by atoms with Crippen LogP contribution in [-0.2, 0) is 0 Å². The molecular formula is C17H21Cl2N3. The van der Waals surface area contributed by atoms with Gasteiger partial charge in [0, 0.05) is 26.2 Å². The monoisotopic (exact) mass is 337 g/mol. The van der Waals surface area contributed by atoms with Gasteiger partial charge in [-0.3, -0.25) is 4.90 Å². The van der Waals surface area contributed by atoms with Crippen molar-refractivity contribution in [1.82, 2.24) is 10.2 Å². The molecule has 1 heterocycles. The van der Waals surface area contributed by atoms with E-state index in [0.29, 0.717) is 0 Å². The van der Waals surface area contributed by atoms with Gasteiger partial charge >= 0.3 is 0 Å². The normalized spacial score (nSPS) is 33.3. The minimum absolute atomic E-state index is 0.827. The van der Waals surface area contributed by atoms with Crippen LogP contribution in [0.15, 0.2) is 48.1 Å². The molecule has 0 saturated carbocycles. The third kappa shape index (κ3) is 2.72. The molecule has 2 atom stereocenters. The molecular weight excluding hydrogens is 317 g/mol. The highest BCUT2D eigenvalue weighted by Gasteiger charge is 2.50. The third-order valence-corrected chi connectivity index (χ3v) is 5.54. The Morgan fingerprint density at radius 1 is 1.09 bits per heavy atom. The van der Waals surface area contributed by atoms with Crippen LogP contribution in [0.1, 0.15) is 12.5 Å². The molecule has 3 rings (SSSR count). The Morgan fingerprint density at radius 3 is 2.36 bits per heavy atom. The minimum Gasteiger partial charge on any atom is -0.314 e. The lowest BCUT2D eigenvalue weighted by Crippen LogP contribution is -2.65. The zero-order valence-corrected chi connectivity index (χ0v) is 14.2. The highest BCUT2D eigenvalue weighted by atomic mass is 35.5. The number of hydrogen-bond donors (Lipinski definition) is 2. The molecule has 118 valence electrons. The molecule has 0 radical (unpaired) electrons. The predicted molar refractivity (Wildman–Crippen MR) is 94.0 cm³/mol. The van der Waals surface area contributed by atoms with E-state index in [4.69, 9.17) is 28.9 Å². The highest BCUT2D eigenvalue weighted by Crippen LogP contribution is 2.45. The summed E-state index contributed by atoms with van der Waals surface area (Å²) in [4.78, 5) is 0.0927. The van der Waals surface area contributed by atoms with Gasteiger partial charge in [-0.05, 0) is 35.8 Å². The van der Waals surface area contributed by atoms with Crippen LogP contribution in [0.25, 0.3) is 5.57 Å². The summed E-state index contributed by atoms with van der Waals surface area (Å²) in [6, 6.07) is 10.1. The van der Waals surface area contributed by atoms with Crippen LogP contribution in [-0.4, -0.2) is 41.1 Å². The summed E-state index contributed by atoms with van der Waals surface area (Å²) in [7, 11) is 0. The third-order valence-electron chi connectivity index (χ3n) is 4.39. The van der Waals surface area contributed by atoms with Gasteiger partial charge in [0.15, 0.2) is 5.00 Å². The summed E-state index contributed by atoms with van der Waals surface area (Å²) in [6.45, 7) is 5.50. The van der Waals surface area contributed by atoms with Gasteiger partial charge in [-0.15, -0.1) is 0 Å². The van der Waals surface area contributed by atoms with Gasteiger partial charge in [-0.1, -0.05) is 53.5 Å². The summed E-state index contributed by atoms with van der Waals surface area (Å²) in [6.07, 6.45) is 3.91. The summed E-state index contributed by atoms with van der Waals surface area (Å²) in [5, 5.41) is 3.32. The Balaban J connectivity index is 1.99. The van der Waals surface area contributed by atoms with Gasteiger partial charge in [0.25, 0.3) is 0 Å². The average molecular weight is 338 g/mol. The second-order valence-corrected chi connectivity index (χ2v) is 7.13. The molecule has 1 aliphatic heterocycles. The molecule has 1 aliphatic carbocycles. The van der Waals surface area contributed by atoms with E-state index >= 15 is 0 Å². The van der Waals surface area contributed by atoms with Crippen LogP contribution in [0.5, 0.6) is 0 Å². The molecule has 1 aromatic rings. The quantitative estimate of drug-likeness (QED) is 0.644. The maximum Gasteiger partial charge on any atom is 0.151 e. The van der Waals surface area contributed by atoms with Crippen molar-refractivity contribution in [3.8, 4) is 0 Å². The summed E-state index contributed by atoms with van der Waals surface area (Å²) in [5.41, 5.74) is 9.67. The molecule has 0 bridgehead atoms. The summed E-state index contributed by atoms with van der Waals surface area (Å²) >= 11 is 13.6. The number of alkyl halides is 2. The van der Waals surface area contributed by atoms with Crippen LogP contribution in [0, 0.1) is 0 Å². The Morgan fingerprint density at radius 2 is 1.73 bits per heavy atom. The molecule has 1 aromatic carbocycles. The second-order valence-electron chi connectivity index (χ2n) is 5.93. The molecule has 22 heavy (non-hydrogen) atoms. The van der Waals surface area contributed by atoms with Gasteiger partial charge in [0.2, 0.25) is 0 Å². The number of hydrogen-bond acceptors (Lipinski definition) is 3. The smallest absolute Gasteiger partial charge is 0.151 e. The number of rotatable bonds is 2. The van der Waals surface area contributed by atoms with Crippen LogP contribution < -0.4 is 11.1 Å². The first-order valence-electron chi connectivity index (χ1n) is 7.55. The van der Waals surface area contributed by atoms with E-state index in [-0.39, 0.29) is 0 Å². The molecule has 2 unspecified atom stereocenters. The SMILES string of the molecule is CC1=CC(Cl)(N2CCNCC2)C(N)(Cl)C=C1c1ccccc1. The predicted octanol–water partition coefficient (Wildman–Crippen LogP) is 2.76. The van der Waals surface area contributed by atoms with Gasteiger partial charge in [0.1, 0.15) is 5.00 Å². The molecule has 3 N–H and O–H groups in total. The Kier molecular flexibility index (Phi) is 4.36. The number of nitrogens with two attached hydrogens (primary N) is 1. The minimum atomic E-state index is -1.16. The van der Waals surface area contributed by atoms with Gasteiger partial charge < -0.3 is 11.1 Å². The number of benzene rings is 1. The lowest BCUT2D eigenvalue weighted by Gasteiger charge is -2.48. The van der Waals surface area contributed by atoms with Crippen molar-refractivity contribution in [2.24, 2.45) is 5.73 Å². The molecule has 2 aliphatic rings. The molecule has 3 nitrogen and oxygen atoms in total. The largest absolute Gasteiger partial charge is 0.314 e. The van der Waals surface area contributed by atoms with E-state index in [1.807, 2.05) is 30.4 Å². The summed E-state index contributed by atoms with van der Waals surface area (Å²) in [5.74, 6) is 0. The molecule has 0 aromatic heterocycles. The average Bonchev–Trinajstić information content (AvgIpc) is 2.53. The van der Waals surface area contributed by atoms with Crippen LogP contribution in [0.3, 0.4) is 0 Å². The number of piperazine rings is 1. The fraction of sp³-hybridized carbons (Fsp3) is 0.412. The maximum atomic E-state index is 6.91. The fourth-order valence-corrected chi connectivity index (χ4v) is 3.82. The Labute approximate surface area is 141 Å². The zero-order chi connectivity index (χ0) is 15.8. The molecule has 0 spiro atoms. The van der Waals surface area contributed by atoms with E-state index in [2.05, 4.69) is 29.3 Å².